The number of nitrogens with zero attached hydrogens (tertiary/aromatic N) is 1. The fourth-order valence-electron chi connectivity index (χ4n) is 6.27. The lowest BCUT2D eigenvalue weighted by atomic mass is 9.76. The number of ether oxygens (including phenoxy) is 2. The van der Waals surface area contributed by atoms with E-state index in [9.17, 15) is 19.5 Å². The zero-order chi connectivity index (χ0) is 26.2. The van der Waals surface area contributed by atoms with Crippen LogP contribution in [0.2, 0.25) is 5.02 Å². The van der Waals surface area contributed by atoms with Gasteiger partial charge >= 0.3 is 0 Å². The number of rotatable bonds is 4. The van der Waals surface area contributed by atoms with Crippen LogP contribution < -0.4 is 20.1 Å². The molecule has 3 amide bonds. The van der Waals surface area contributed by atoms with Gasteiger partial charge in [0.2, 0.25) is 24.5 Å². The Morgan fingerprint density at radius 1 is 0.947 bits per heavy atom. The molecule has 3 aromatic carbocycles. The molecule has 4 heterocycles. The molecule has 3 N–H and O–H groups in total. The summed E-state index contributed by atoms with van der Waals surface area (Å²) in [5.41, 5.74) is 1.25. The third-order valence-electron chi connectivity index (χ3n) is 7.94. The lowest BCUT2D eigenvalue weighted by Gasteiger charge is -2.29. The molecule has 10 heteroatoms. The molecule has 9 nitrogen and oxygen atoms in total. The number of hydrogen-bond donors (Lipinski definition) is 3. The van der Waals surface area contributed by atoms with Gasteiger partial charge in [0, 0.05) is 22.3 Å². The molecule has 0 aromatic heterocycles. The van der Waals surface area contributed by atoms with Crippen molar-refractivity contribution in [3.05, 3.63) is 82.4 Å². The molecule has 0 radical (unpaired) electrons. The van der Waals surface area contributed by atoms with Gasteiger partial charge in [0.25, 0.3) is 0 Å². The smallest absolute Gasteiger partial charge is 0.250 e. The van der Waals surface area contributed by atoms with Gasteiger partial charge in [0.05, 0.1) is 18.4 Å². The van der Waals surface area contributed by atoms with Gasteiger partial charge in [0.1, 0.15) is 11.3 Å². The second-order valence-electron chi connectivity index (χ2n) is 10.0. The number of phenolic OH excluding ortho intramolecular Hbond substituents is 1. The fourth-order valence-corrected chi connectivity index (χ4v) is 6.44. The first-order chi connectivity index (χ1) is 18.3. The highest BCUT2D eigenvalue weighted by Gasteiger charge is 2.70. The molecule has 2 saturated heterocycles. The Morgan fingerprint density at radius 2 is 1.71 bits per heavy atom. The average Bonchev–Trinajstić information content (AvgIpc) is 3.63. The minimum Gasteiger partial charge on any atom is -0.508 e. The van der Waals surface area contributed by atoms with Crippen molar-refractivity contribution in [2.24, 2.45) is 11.8 Å². The molecular weight excluding hydrogens is 510 g/mol. The number of phenols is 1. The molecule has 3 aromatic rings. The molecule has 38 heavy (non-hydrogen) atoms. The molecule has 0 aliphatic carbocycles. The number of imide groups is 1. The van der Waals surface area contributed by atoms with Crippen molar-refractivity contribution in [1.82, 2.24) is 10.2 Å². The molecule has 2 fully saturated rings. The number of amides is 3. The Bertz CT molecular complexity index is 1530. The number of hydrogen-bond acceptors (Lipinski definition) is 7. The zero-order valence-corrected chi connectivity index (χ0v) is 20.7. The van der Waals surface area contributed by atoms with Crippen LogP contribution in [0, 0.1) is 11.8 Å². The van der Waals surface area contributed by atoms with Gasteiger partial charge in [-0.25, -0.2) is 0 Å². The van der Waals surface area contributed by atoms with E-state index in [-0.39, 0.29) is 30.9 Å². The number of anilines is 1. The Hall–Kier alpha value is -4.08. The van der Waals surface area contributed by atoms with E-state index < -0.39 is 29.3 Å². The van der Waals surface area contributed by atoms with Crippen molar-refractivity contribution in [1.29, 1.82) is 0 Å². The highest BCUT2D eigenvalue weighted by atomic mass is 35.5. The number of carbonyl (C=O) groups excluding carboxylic acids is 3. The van der Waals surface area contributed by atoms with Crippen LogP contribution in [0.25, 0.3) is 0 Å². The standard InChI is InChI=1S/C28H22ClN3O6/c29-16-4-7-19-18(11-16)28(27(36)30-19)24-23(20(31-28)9-14-1-5-17(33)6-2-14)25(34)32(26(24)35)12-15-3-8-21-22(10-15)38-13-37-21/h1-8,10-11,20,23-24,31,33H,9,12-13H2,(H,30,36)/t20-,23+,24+,28+/m1/s1. The van der Waals surface area contributed by atoms with Crippen LogP contribution in [0.5, 0.6) is 17.2 Å². The number of fused-ring (bicyclic) bond motifs is 5. The molecule has 0 bridgehead atoms. The van der Waals surface area contributed by atoms with Gasteiger partial charge in [-0.2, -0.15) is 0 Å². The normalized spacial score (nSPS) is 26.7. The molecule has 4 atom stereocenters. The second kappa shape index (κ2) is 8.21. The third-order valence-corrected chi connectivity index (χ3v) is 8.17. The van der Waals surface area contributed by atoms with E-state index in [0.717, 1.165) is 5.56 Å². The van der Waals surface area contributed by atoms with Crippen molar-refractivity contribution in [3.63, 3.8) is 0 Å². The van der Waals surface area contributed by atoms with Gasteiger partial charge in [-0.15, -0.1) is 0 Å². The lowest BCUT2D eigenvalue weighted by molar-refractivity contribution is -0.143. The Morgan fingerprint density at radius 3 is 2.53 bits per heavy atom. The molecular formula is C28H22ClN3O6. The SMILES string of the molecule is O=C1[C@@H]2[C@@H](C(=O)N1Cc1ccc3c(c1)OCO3)[C@]1(N[C@@H]2Cc2ccc(O)cc2)C(=O)Nc2ccc(Cl)cc21. The number of halogens is 1. The second-order valence-corrected chi connectivity index (χ2v) is 10.5. The lowest BCUT2D eigenvalue weighted by Crippen LogP contribution is -2.53. The molecule has 1 spiro atoms. The first-order valence-corrected chi connectivity index (χ1v) is 12.6. The summed E-state index contributed by atoms with van der Waals surface area (Å²) in [5.74, 6) is -1.57. The van der Waals surface area contributed by atoms with Gasteiger partial charge in [-0.1, -0.05) is 29.8 Å². The summed E-state index contributed by atoms with van der Waals surface area (Å²) in [5, 5.41) is 16.4. The number of benzene rings is 3. The highest BCUT2D eigenvalue weighted by Crippen LogP contribution is 2.54. The Kier molecular flexibility index (Phi) is 4.98. The van der Waals surface area contributed by atoms with Gasteiger partial charge in [0.15, 0.2) is 11.5 Å². The van der Waals surface area contributed by atoms with Crippen molar-refractivity contribution < 1.29 is 29.0 Å². The monoisotopic (exact) mass is 531 g/mol. The predicted octanol–water partition coefficient (Wildman–Crippen LogP) is 2.94. The van der Waals surface area contributed by atoms with Crippen LogP contribution >= 0.6 is 11.6 Å². The molecule has 4 aliphatic rings. The molecule has 192 valence electrons. The summed E-state index contributed by atoms with van der Waals surface area (Å²) in [4.78, 5) is 42.8. The zero-order valence-electron chi connectivity index (χ0n) is 19.9. The molecule has 7 rings (SSSR count). The summed E-state index contributed by atoms with van der Waals surface area (Å²) in [6.07, 6.45) is 0.378. The Labute approximate surface area is 222 Å². The maximum Gasteiger partial charge on any atom is 0.250 e. The van der Waals surface area contributed by atoms with Crippen molar-refractivity contribution >= 4 is 35.0 Å². The van der Waals surface area contributed by atoms with E-state index in [4.69, 9.17) is 21.1 Å². The maximum absolute atomic E-state index is 14.0. The fraction of sp³-hybridized carbons (Fsp3) is 0.250. The third kappa shape index (κ3) is 3.25. The average molecular weight is 532 g/mol. The number of aromatic hydroxyl groups is 1. The van der Waals surface area contributed by atoms with Crippen molar-refractivity contribution in [3.8, 4) is 17.2 Å². The number of nitrogens with one attached hydrogen (secondary N) is 2. The minimum absolute atomic E-state index is 0.0489. The summed E-state index contributed by atoms with van der Waals surface area (Å²) in [6, 6.07) is 16.5. The Balaban J connectivity index is 1.30. The number of likely N-dealkylation sites (tertiary alicyclic amines) is 1. The first kappa shape index (κ1) is 23.1. The molecule has 0 unspecified atom stereocenters. The summed E-state index contributed by atoms with van der Waals surface area (Å²) >= 11 is 6.33. The van der Waals surface area contributed by atoms with Crippen molar-refractivity contribution in [2.75, 3.05) is 12.1 Å². The maximum atomic E-state index is 14.0. The van der Waals surface area contributed by atoms with E-state index in [2.05, 4.69) is 10.6 Å². The minimum atomic E-state index is -1.44. The first-order valence-electron chi connectivity index (χ1n) is 12.3. The van der Waals surface area contributed by atoms with Crippen LogP contribution in [-0.4, -0.2) is 40.6 Å². The van der Waals surface area contributed by atoms with Crippen LogP contribution in [0.3, 0.4) is 0 Å². The van der Waals surface area contributed by atoms with E-state index in [0.29, 0.717) is 39.8 Å². The van der Waals surface area contributed by atoms with E-state index in [1.807, 2.05) is 0 Å². The van der Waals surface area contributed by atoms with Crippen LogP contribution in [0.4, 0.5) is 5.69 Å². The molecule has 4 aliphatic heterocycles. The van der Waals surface area contributed by atoms with Gasteiger partial charge in [-0.05, 0) is 60.0 Å². The van der Waals surface area contributed by atoms with E-state index >= 15 is 0 Å². The van der Waals surface area contributed by atoms with Gasteiger partial charge in [-0.3, -0.25) is 24.6 Å². The predicted molar refractivity (Wildman–Crippen MR) is 136 cm³/mol. The van der Waals surface area contributed by atoms with Crippen LogP contribution in [-0.2, 0) is 32.9 Å². The van der Waals surface area contributed by atoms with Crippen LogP contribution in [0.15, 0.2) is 60.7 Å². The quantitative estimate of drug-likeness (QED) is 0.443. The van der Waals surface area contributed by atoms with Crippen molar-refractivity contribution in [2.45, 2.75) is 24.5 Å². The van der Waals surface area contributed by atoms with Gasteiger partial charge < -0.3 is 19.9 Å². The summed E-state index contributed by atoms with van der Waals surface area (Å²) in [6.45, 7) is 0.169. The topological polar surface area (TPSA) is 117 Å². The summed E-state index contributed by atoms with van der Waals surface area (Å²) < 4.78 is 10.8. The molecule has 0 saturated carbocycles. The van der Waals surface area contributed by atoms with Crippen LogP contribution in [0.1, 0.15) is 16.7 Å². The highest BCUT2D eigenvalue weighted by molar-refractivity contribution is 6.31. The number of carbonyl (C=O) groups is 3. The van der Waals surface area contributed by atoms with E-state index in [1.54, 1.807) is 60.7 Å². The summed E-state index contributed by atoms with van der Waals surface area (Å²) in [7, 11) is 0. The van der Waals surface area contributed by atoms with E-state index in [1.165, 1.54) is 4.90 Å². The largest absolute Gasteiger partial charge is 0.508 e.